The first-order valence-corrected chi connectivity index (χ1v) is 7.58. The van der Waals surface area contributed by atoms with Gasteiger partial charge in [0.15, 0.2) is 0 Å². The van der Waals surface area contributed by atoms with Gasteiger partial charge in [-0.15, -0.1) is 0 Å². The van der Waals surface area contributed by atoms with Crippen molar-refractivity contribution in [3.63, 3.8) is 0 Å². The van der Waals surface area contributed by atoms with Crippen LogP contribution in [0.15, 0.2) is 72.8 Å². The number of amides is 1. The molecule has 0 unspecified atom stereocenters. The van der Waals surface area contributed by atoms with Crippen LogP contribution in [-0.2, 0) is 11.2 Å². The number of aryl methyl sites for hydroxylation is 1. The van der Waals surface area contributed by atoms with E-state index in [1.807, 2.05) is 54.6 Å². The number of aromatic nitrogens is 1. The first-order valence-electron chi connectivity index (χ1n) is 7.58. The van der Waals surface area contributed by atoms with Crippen molar-refractivity contribution < 1.29 is 4.79 Å². The molecule has 0 aliphatic rings. The molecule has 3 heteroatoms. The number of carbonyl (C=O) groups excluding carboxylic acids is 1. The fraction of sp³-hybridized carbons (Fsp3) is 0.100. The van der Waals surface area contributed by atoms with Crippen molar-refractivity contribution in [2.75, 3.05) is 5.32 Å². The standard InChI is InChI=1S/C20H18N2O/c1-15-10-12-17(13-11-15)18-8-5-9-19(21-18)22-20(23)14-16-6-3-2-4-7-16/h2-13H,14H2,1H3,(H,21,22,23). The predicted octanol–water partition coefficient (Wildman–Crippen LogP) is 4.24. The van der Waals surface area contributed by atoms with E-state index >= 15 is 0 Å². The Bertz CT molecular complexity index is 795. The van der Waals surface area contributed by atoms with Gasteiger partial charge in [0.1, 0.15) is 5.82 Å². The molecule has 3 rings (SSSR count). The van der Waals surface area contributed by atoms with Gasteiger partial charge in [-0.3, -0.25) is 4.79 Å². The van der Waals surface area contributed by atoms with Crippen molar-refractivity contribution in [1.82, 2.24) is 4.98 Å². The molecule has 23 heavy (non-hydrogen) atoms. The SMILES string of the molecule is Cc1ccc(-c2cccc(NC(=O)Cc3ccccc3)n2)cc1. The largest absolute Gasteiger partial charge is 0.310 e. The molecule has 1 aromatic heterocycles. The summed E-state index contributed by atoms with van der Waals surface area (Å²) in [6, 6.07) is 23.5. The Hall–Kier alpha value is -2.94. The number of rotatable bonds is 4. The number of carbonyl (C=O) groups is 1. The summed E-state index contributed by atoms with van der Waals surface area (Å²) in [6.07, 6.45) is 0.345. The summed E-state index contributed by atoms with van der Waals surface area (Å²) < 4.78 is 0. The van der Waals surface area contributed by atoms with Gasteiger partial charge in [0.2, 0.25) is 5.91 Å². The van der Waals surface area contributed by atoms with Crippen molar-refractivity contribution >= 4 is 11.7 Å². The van der Waals surface area contributed by atoms with E-state index in [2.05, 4.69) is 29.4 Å². The molecular weight excluding hydrogens is 284 g/mol. The Kier molecular flexibility index (Phi) is 4.48. The number of nitrogens with one attached hydrogen (secondary N) is 1. The van der Waals surface area contributed by atoms with Crippen molar-refractivity contribution in [2.45, 2.75) is 13.3 Å². The van der Waals surface area contributed by atoms with E-state index in [1.54, 1.807) is 6.07 Å². The zero-order chi connectivity index (χ0) is 16.1. The minimum atomic E-state index is -0.0650. The highest BCUT2D eigenvalue weighted by molar-refractivity contribution is 5.91. The Labute approximate surface area is 136 Å². The summed E-state index contributed by atoms with van der Waals surface area (Å²) in [4.78, 5) is 16.6. The Balaban J connectivity index is 1.72. The molecule has 1 amide bonds. The normalized spacial score (nSPS) is 10.3. The topological polar surface area (TPSA) is 42.0 Å². The van der Waals surface area contributed by atoms with Crippen LogP contribution < -0.4 is 5.32 Å². The van der Waals surface area contributed by atoms with Gasteiger partial charge in [-0.1, -0.05) is 66.2 Å². The van der Waals surface area contributed by atoms with Crippen molar-refractivity contribution in [2.24, 2.45) is 0 Å². The molecule has 2 aromatic carbocycles. The van der Waals surface area contributed by atoms with E-state index in [4.69, 9.17) is 0 Å². The van der Waals surface area contributed by atoms with Gasteiger partial charge >= 0.3 is 0 Å². The average Bonchev–Trinajstić information content (AvgIpc) is 2.56. The molecule has 1 heterocycles. The van der Waals surface area contributed by atoms with Crippen LogP contribution in [0.2, 0.25) is 0 Å². The van der Waals surface area contributed by atoms with Gasteiger partial charge in [0, 0.05) is 5.56 Å². The third-order valence-electron chi connectivity index (χ3n) is 3.57. The van der Waals surface area contributed by atoms with Gasteiger partial charge in [-0.2, -0.15) is 0 Å². The van der Waals surface area contributed by atoms with Crippen LogP contribution in [0.25, 0.3) is 11.3 Å². The molecule has 0 aliphatic heterocycles. The predicted molar refractivity (Wildman–Crippen MR) is 93.2 cm³/mol. The quantitative estimate of drug-likeness (QED) is 0.783. The second-order valence-electron chi connectivity index (χ2n) is 5.48. The highest BCUT2D eigenvalue weighted by Gasteiger charge is 2.06. The van der Waals surface area contributed by atoms with Crippen LogP contribution in [0.4, 0.5) is 5.82 Å². The molecule has 3 aromatic rings. The summed E-state index contributed by atoms with van der Waals surface area (Å²) in [5.41, 5.74) is 4.08. The molecule has 1 N–H and O–H groups in total. The second kappa shape index (κ2) is 6.88. The van der Waals surface area contributed by atoms with Crippen LogP contribution in [-0.4, -0.2) is 10.9 Å². The third-order valence-corrected chi connectivity index (χ3v) is 3.57. The van der Waals surface area contributed by atoms with Crippen LogP contribution in [0.1, 0.15) is 11.1 Å². The third kappa shape index (κ3) is 4.04. The summed E-state index contributed by atoms with van der Waals surface area (Å²) in [6.45, 7) is 2.05. The van der Waals surface area contributed by atoms with Crippen LogP contribution in [0, 0.1) is 6.92 Å². The van der Waals surface area contributed by atoms with Crippen molar-refractivity contribution in [3.8, 4) is 11.3 Å². The molecule has 114 valence electrons. The number of hydrogen-bond acceptors (Lipinski definition) is 2. The lowest BCUT2D eigenvalue weighted by Gasteiger charge is -2.07. The summed E-state index contributed by atoms with van der Waals surface area (Å²) in [7, 11) is 0. The van der Waals surface area contributed by atoms with E-state index in [0.29, 0.717) is 12.2 Å². The lowest BCUT2D eigenvalue weighted by atomic mass is 10.1. The Morgan fingerprint density at radius 1 is 0.913 bits per heavy atom. The number of pyridine rings is 1. The summed E-state index contributed by atoms with van der Waals surface area (Å²) in [5, 5.41) is 2.86. The lowest BCUT2D eigenvalue weighted by molar-refractivity contribution is -0.115. The van der Waals surface area contributed by atoms with Gasteiger partial charge in [-0.25, -0.2) is 4.98 Å². The zero-order valence-corrected chi connectivity index (χ0v) is 13.0. The monoisotopic (exact) mass is 302 g/mol. The van der Waals surface area contributed by atoms with Gasteiger partial charge in [0.05, 0.1) is 12.1 Å². The fourth-order valence-corrected chi connectivity index (χ4v) is 2.36. The van der Waals surface area contributed by atoms with Gasteiger partial charge in [-0.05, 0) is 24.6 Å². The molecular formula is C20H18N2O. The number of hydrogen-bond donors (Lipinski definition) is 1. The highest BCUT2D eigenvalue weighted by Crippen LogP contribution is 2.19. The molecule has 0 fully saturated rings. The highest BCUT2D eigenvalue weighted by atomic mass is 16.1. The van der Waals surface area contributed by atoms with E-state index in [9.17, 15) is 4.79 Å². The smallest absolute Gasteiger partial charge is 0.229 e. The lowest BCUT2D eigenvalue weighted by Crippen LogP contribution is -2.15. The minimum absolute atomic E-state index is 0.0650. The molecule has 0 bridgehead atoms. The van der Waals surface area contributed by atoms with E-state index in [0.717, 1.165) is 16.8 Å². The maximum Gasteiger partial charge on any atom is 0.229 e. The number of anilines is 1. The minimum Gasteiger partial charge on any atom is -0.310 e. The Morgan fingerprint density at radius 3 is 2.39 bits per heavy atom. The van der Waals surface area contributed by atoms with Crippen LogP contribution in [0.5, 0.6) is 0 Å². The summed E-state index contributed by atoms with van der Waals surface area (Å²) in [5.74, 6) is 0.508. The average molecular weight is 302 g/mol. The van der Waals surface area contributed by atoms with E-state index in [1.165, 1.54) is 5.56 Å². The molecule has 0 atom stereocenters. The zero-order valence-electron chi connectivity index (χ0n) is 13.0. The molecule has 0 saturated heterocycles. The Morgan fingerprint density at radius 2 is 1.65 bits per heavy atom. The molecule has 0 spiro atoms. The molecule has 0 aliphatic carbocycles. The van der Waals surface area contributed by atoms with E-state index in [-0.39, 0.29) is 5.91 Å². The van der Waals surface area contributed by atoms with Gasteiger partial charge < -0.3 is 5.32 Å². The van der Waals surface area contributed by atoms with Crippen LogP contribution in [0.3, 0.4) is 0 Å². The number of nitrogens with zero attached hydrogens (tertiary/aromatic N) is 1. The maximum absolute atomic E-state index is 12.1. The summed E-state index contributed by atoms with van der Waals surface area (Å²) >= 11 is 0. The molecule has 0 radical (unpaired) electrons. The second-order valence-corrected chi connectivity index (χ2v) is 5.48. The first kappa shape index (κ1) is 15.0. The fourth-order valence-electron chi connectivity index (χ4n) is 2.36. The number of benzene rings is 2. The maximum atomic E-state index is 12.1. The van der Waals surface area contributed by atoms with Crippen molar-refractivity contribution in [1.29, 1.82) is 0 Å². The van der Waals surface area contributed by atoms with Crippen LogP contribution >= 0.6 is 0 Å². The first-order chi connectivity index (χ1) is 11.2. The van der Waals surface area contributed by atoms with Gasteiger partial charge in [0.25, 0.3) is 0 Å². The molecule has 0 saturated carbocycles. The van der Waals surface area contributed by atoms with Crippen molar-refractivity contribution in [3.05, 3.63) is 83.9 Å². The molecule has 3 nitrogen and oxygen atoms in total. The van der Waals surface area contributed by atoms with E-state index < -0.39 is 0 Å².